The minimum atomic E-state index is -0.675. The average molecular weight is 412 g/mol. The number of hydrogen-bond acceptors (Lipinski definition) is 2. The summed E-state index contributed by atoms with van der Waals surface area (Å²) >= 11 is 0. The Morgan fingerprint density at radius 1 is 0.774 bits per heavy atom. The van der Waals surface area contributed by atoms with E-state index < -0.39 is 11.8 Å². The van der Waals surface area contributed by atoms with Gasteiger partial charge in [-0.1, -0.05) is 111 Å². The van der Waals surface area contributed by atoms with E-state index in [1.54, 1.807) is 0 Å². The zero-order chi connectivity index (χ0) is 21.6. The predicted octanol–water partition coefficient (Wildman–Crippen LogP) is 6.21. The molecule has 1 N–H and O–H groups in total. The number of aliphatic hydroxyl groups is 1. The minimum Gasteiger partial charge on any atom is -0.344 e. The minimum absolute atomic E-state index is 0.217. The molecule has 0 fully saturated rings. The van der Waals surface area contributed by atoms with Crippen molar-refractivity contribution in [1.82, 2.24) is 0 Å². The van der Waals surface area contributed by atoms with Crippen molar-refractivity contribution < 1.29 is 9.59 Å². The number of aliphatic hydroxyl groups excluding tert-OH is 1. The Morgan fingerprint density at radius 3 is 1.65 bits per heavy atom. The van der Waals surface area contributed by atoms with Crippen LogP contribution in [0.25, 0.3) is 0 Å². The fraction of sp³-hybridized carbons (Fsp3) is 0.250. The molecule has 3 aromatic rings. The average Bonchev–Trinajstić information content (AvgIpc) is 3.33. The molecule has 2 atom stereocenters. The molecule has 0 aliphatic carbocycles. The van der Waals surface area contributed by atoms with Gasteiger partial charge in [-0.3, -0.25) is 0 Å². The highest BCUT2D eigenvalue weighted by Gasteiger charge is 2.58. The van der Waals surface area contributed by atoms with E-state index in [-0.39, 0.29) is 4.48 Å². The van der Waals surface area contributed by atoms with Crippen LogP contribution in [0.2, 0.25) is 0 Å². The van der Waals surface area contributed by atoms with Crippen LogP contribution >= 0.6 is 0 Å². The van der Waals surface area contributed by atoms with E-state index in [9.17, 15) is 5.11 Å². The molecule has 31 heavy (non-hydrogen) atoms. The summed E-state index contributed by atoms with van der Waals surface area (Å²) < 4.78 is 0.217. The van der Waals surface area contributed by atoms with Crippen LogP contribution in [-0.4, -0.2) is 22.2 Å². The molecule has 1 aliphatic rings. The van der Waals surface area contributed by atoms with Gasteiger partial charge < -0.3 is 5.11 Å². The molecule has 3 aromatic carbocycles. The Hall–Kier alpha value is -3.01. The van der Waals surface area contributed by atoms with Gasteiger partial charge in [0.1, 0.15) is 6.20 Å². The third kappa shape index (κ3) is 3.65. The normalized spacial score (nSPS) is 18.9. The molecule has 2 unspecified atom stereocenters. The molecule has 4 rings (SSSR count). The van der Waals surface area contributed by atoms with E-state index in [1.807, 2.05) is 30.7 Å². The molecule has 0 aromatic heterocycles. The van der Waals surface area contributed by atoms with Gasteiger partial charge in [0.15, 0.2) is 11.9 Å². The number of hydrogen-bond donors (Lipinski definition) is 1. The molecule has 3 heteroatoms. The monoisotopic (exact) mass is 411 g/mol. The summed E-state index contributed by atoms with van der Waals surface area (Å²) in [5.41, 5.74) is 2.70. The highest BCUT2D eigenvalue weighted by molar-refractivity contribution is 5.59. The highest BCUT2D eigenvalue weighted by Crippen LogP contribution is 2.49. The third-order valence-electron chi connectivity index (χ3n) is 6.37. The fourth-order valence-corrected chi connectivity index (χ4v) is 4.93. The molecular formula is C28H31N2O+. The Kier molecular flexibility index (Phi) is 6.45. The summed E-state index contributed by atoms with van der Waals surface area (Å²) in [6, 6.07) is 31.6. The van der Waals surface area contributed by atoms with Gasteiger partial charge in [-0.05, 0) is 6.42 Å². The fourth-order valence-electron chi connectivity index (χ4n) is 4.93. The predicted molar refractivity (Wildman–Crippen MR) is 127 cm³/mol. The van der Waals surface area contributed by atoms with Crippen LogP contribution in [0.3, 0.4) is 0 Å². The Morgan fingerprint density at radius 2 is 1.26 bits per heavy atom. The summed E-state index contributed by atoms with van der Waals surface area (Å²) in [6.45, 7) is 2.19. The van der Waals surface area contributed by atoms with E-state index in [0.29, 0.717) is 6.42 Å². The third-order valence-corrected chi connectivity index (χ3v) is 6.37. The van der Waals surface area contributed by atoms with Gasteiger partial charge in [0.2, 0.25) is 6.23 Å². The maximum Gasteiger partial charge on any atom is 0.201 e. The van der Waals surface area contributed by atoms with Crippen LogP contribution in [0.5, 0.6) is 0 Å². The van der Waals surface area contributed by atoms with Crippen molar-refractivity contribution in [3.05, 3.63) is 120 Å². The lowest BCUT2D eigenvalue weighted by Gasteiger charge is -2.50. The summed E-state index contributed by atoms with van der Waals surface area (Å²) in [4.78, 5) is 4.54. The Balaban J connectivity index is 2.04. The van der Waals surface area contributed by atoms with Crippen molar-refractivity contribution in [2.45, 2.75) is 44.4 Å². The molecule has 1 aliphatic heterocycles. The molecule has 158 valence electrons. The van der Waals surface area contributed by atoms with Gasteiger partial charge in [0, 0.05) is 23.1 Å². The second kappa shape index (κ2) is 9.42. The van der Waals surface area contributed by atoms with E-state index in [4.69, 9.17) is 0 Å². The molecule has 0 saturated carbocycles. The lowest BCUT2D eigenvalue weighted by atomic mass is 9.73. The van der Waals surface area contributed by atoms with Gasteiger partial charge >= 0.3 is 0 Å². The summed E-state index contributed by atoms with van der Waals surface area (Å²) in [5, 5.41) is 11.8. The van der Waals surface area contributed by atoms with Gasteiger partial charge in [-0.25, -0.2) is 9.48 Å². The first kappa shape index (κ1) is 21.2. The first-order valence-corrected chi connectivity index (χ1v) is 11.2. The zero-order valence-electron chi connectivity index (χ0n) is 18.1. The number of rotatable bonds is 9. The lowest BCUT2D eigenvalue weighted by Crippen LogP contribution is -2.63. The van der Waals surface area contributed by atoms with E-state index >= 15 is 0 Å². The zero-order valence-corrected chi connectivity index (χ0v) is 18.1. The topological polar surface area (TPSA) is 32.6 Å². The second-order valence-corrected chi connectivity index (χ2v) is 8.18. The van der Waals surface area contributed by atoms with Crippen LogP contribution in [0.4, 0.5) is 0 Å². The van der Waals surface area contributed by atoms with Crippen LogP contribution < -0.4 is 0 Å². The SMILES string of the molecule is CCCCCC(O)[N+]1(C(c2ccccc2)(c2ccccc2)c2ccccc2)C=CN=C1. The van der Waals surface area contributed by atoms with Crippen LogP contribution in [0.15, 0.2) is 108 Å². The summed E-state index contributed by atoms with van der Waals surface area (Å²) in [6.07, 6.45) is 9.09. The number of aliphatic imine (C=N–C) groups is 1. The van der Waals surface area contributed by atoms with Gasteiger partial charge in [0.25, 0.3) is 0 Å². The lowest BCUT2D eigenvalue weighted by molar-refractivity contribution is -0.882. The van der Waals surface area contributed by atoms with Crippen LogP contribution in [0.1, 0.15) is 49.3 Å². The number of unbranched alkanes of at least 4 members (excludes halogenated alkanes) is 2. The molecule has 0 bridgehead atoms. The molecule has 3 nitrogen and oxygen atoms in total. The first-order chi connectivity index (χ1) is 15.3. The van der Waals surface area contributed by atoms with Gasteiger partial charge in [0.05, 0.1) is 6.20 Å². The maximum atomic E-state index is 11.8. The molecular weight excluding hydrogens is 380 g/mol. The van der Waals surface area contributed by atoms with Gasteiger partial charge in [-0.2, -0.15) is 0 Å². The smallest absolute Gasteiger partial charge is 0.201 e. The largest absolute Gasteiger partial charge is 0.344 e. The van der Waals surface area contributed by atoms with Crippen molar-refractivity contribution in [3.63, 3.8) is 0 Å². The molecule has 0 amide bonds. The van der Waals surface area contributed by atoms with Crippen LogP contribution in [0, 0.1) is 0 Å². The molecule has 0 spiro atoms. The summed E-state index contributed by atoms with van der Waals surface area (Å²) in [5.74, 6) is 0. The van der Waals surface area contributed by atoms with Crippen molar-refractivity contribution in [2.24, 2.45) is 4.99 Å². The van der Waals surface area contributed by atoms with E-state index in [2.05, 4.69) is 90.9 Å². The standard InChI is InChI=1S/C28H31N2O/c1-2-3-7-20-27(31)30(22-21-29-23-30)28(24-14-8-4-9-15-24,25-16-10-5-11-17-25)26-18-12-6-13-19-26/h4-6,8-19,21-23,27,31H,2-3,7,20H2,1H3/q+1. The quantitative estimate of drug-likeness (QED) is 0.253. The van der Waals surface area contributed by atoms with Crippen molar-refractivity contribution in [1.29, 1.82) is 0 Å². The van der Waals surface area contributed by atoms with Gasteiger partial charge in [-0.15, -0.1) is 0 Å². The number of nitrogens with zero attached hydrogens (tertiary/aromatic N) is 2. The highest BCUT2D eigenvalue weighted by atomic mass is 16.3. The summed E-state index contributed by atoms with van der Waals surface area (Å²) in [7, 11) is 0. The Labute approximate surface area is 185 Å². The first-order valence-electron chi connectivity index (χ1n) is 11.2. The maximum absolute atomic E-state index is 11.8. The van der Waals surface area contributed by atoms with Crippen molar-refractivity contribution in [3.8, 4) is 0 Å². The number of quaternary nitrogens is 1. The Bertz CT molecular complexity index is 904. The second-order valence-electron chi connectivity index (χ2n) is 8.18. The molecule has 1 heterocycles. The van der Waals surface area contributed by atoms with Crippen molar-refractivity contribution >= 4 is 6.34 Å². The molecule has 0 saturated heterocycles. The van der Waals surface area contributed by atoms with E-state index in [0.717, 1.165) is 36.0 Å². The van der Waals surface area contributed by atoms with Crippen LogP contribution in [-0.2, 0) is 5.54 Å². The number of benzene rings is 3. The van der Waals surface area contributed by atoms with E-state index in [1.165, 1.54) is 0 Å². The molecule has 0 radical (unpaired) electrons. The van der Waals surface area contributed by atoms with Crippen molar-refractivity contribution in [2.75, 3.05) is 0 Å².